The highest BCUT2D eigenvalue weighted by atomic mass is 16.5. The Morgan fingerprint density at radius 1 is 1.43 bits per heavy atom. The van der Waals surface area contributed by atoms with Crippen LogP contribution in [-0.4, -0.2) is 62.1 Å². The maximum absolute atomic E-state index is 12.2. The van der Waals surface area contributed by atoms with E-state index in [1.165, 1.54) is 11.1 Å². The van der Waals surface area contributed by atoms with Crippen molar-refractivity contribution in [3.05, 3.63) is 35.4 Å². The summed E-state index contributed by atoms with van der Waals surface area (Å²) >= 11 is 0. The molecule has 2 rings (SSSR count). The standard InChI is InChI=1S/C17H26N2O2/c1-14-6-4-5-7-15(14)8-9-17(20)19(3)13-16-12-18(2)10-11-21-16/h4-7,16H,8-13H2,1-3H3. The van der Waals surface area contributed by atoms with Crippen molar-refractivity contribution in [1.82, 2.24) is 9.80 Å². The van der Waals surface area contributed by atoms with E-state index in [2.05, 4.69) is 31.0 Å². The van der Waals surface area contributed by atoms with Gasteiger partial charge in [-0.2, -0.15) is 0 Å². The van der Waals surface area contributed by atoms with Crippen molar-refractivity contribution in [3.8, 4) is 0 Å². The molecule has 0 aromatic heterocycles. The van der Waals surface area contributed by atoms with Crippen molar-refractivity contribution >= 4 is 5.91 Å². The van der Waals surface area contributed by atoms with Gasteiger partial charge in [0.25, 0.3) is 0 Å². The van der Waals surface area contributed by atoms with Crippen molar-refractivity contribution in [2.45, 2.75) is 25.9 Å². The lowest BCUT2D eigenvalue weighted by Crippen LogP contribution is -2.46. The van der Waals surface area contributed by atoms with Crippen molar-refractivity contribution in [1.29, 1.82) is 0 Å². The highest BCUT2D eigenvalue weighted by molar-refractivity contribution is 5.76. The van der Waals surface area contributed by atoms with E-state index in [0.717, 1.165) is 26.1 Å². The van der Waals surface area contributed by atoms with Crippen molar-refractivity contribution in [2.24, 2.45) is 0 Å². The fraction of sp³-hybridized carbons (Fsp3) is 0.588. The minimum atomic E-state index is 0.135. The fourth-order valence-electron chi connectivity index (χ4n) is 2.71. The van der Waals surface area contributed by atoms with Gasteiger partial charge in [0.2, 0.25) is 5.91 Å². The normalized spacial score (nSPS) is 19.5. The maximum Gasteiger partial charge on any atom is 0.222 e. The topological polar surface area (TPSA) is 32.8 Å². The van der Waals surface area contributed by atoms with E-state index >= 15 is 0 Å². The number of aryl methyl sites for hydroxylation is 2. The highest BCUT2D eigenvalue weighted by Gasteiger charge is 2.21. The Morgan fingerprint density at radius 3 is 2.90 bits per heavy atom. The lowest BCUT2D eigenvalue weighted by molar-refractivity contribution is -0.132. The second kappa shape index (κ2) is 7.57. The summed E-state index contributed by atoms with van der Waals surface area (Å²) in [6.45, 7) is 5.40. The number of rotatable bonds is 5. The van der Waals surface area contributed by atoms with Crippen molar-refractivity contribution in [2.75, 3.05) is 40.3 Å². The highest BCUT2D eigenvalue weighted by Crippen LogP contribution is 2.11. The Bertz CT molecular complexity index is 476. The molecule has 0 aliphatic carbocycles. The smallest absolute Gasteiger partial charge is 0.222 e. The Kier molecular flexibility index (Phi) is 5.76. The first kappa shape index (κ1) is 16.0. The van der Waals surface area contributed by atoms with Gasteiger partial charge < -0.3 is 14.5 Å². The Morgan fingerprint density at radius 2 is 2.19 bits per heavy atom. The van der Waals surface area contributed by atoms with Crippen LogP contribution < -0.4 is 0 Å². The molecule has 1 saturated heterocycles. The molecular weight excluding hydrogens is 264 g/mol. The summed E-state index contributed by atoms with van der Waals surface area (Å²) in [5.41, 5.74) is 2.51. The van der Waals surface area contributed by atoms with Crippen LogP contribution in [0.2, 0.25) is 0 Å². The molecule has 1 unspecified atom stereocenters. The third-order valence-corrected chi connectivity index (χ3v) is 4.11. The SMILES string of the molecule is Cc1ccccc1CCC(=O)N(C)CC1CN(C)CCO1. The number of benzene rings is 1. The number of amides is 1. The largest absolute Gasteiger partial charge is 0.374 e. The number of morpholine rings is 1. The van der Waals surface area contributed by atoms with Gasteiger partial charge in [-0.1, -0.05) is 24.3 Å². The first-order valence-corrected chi connectivity index (χ1v) is 7.65. The van der Waals surface area contributed by atoms with Crippen molar-refractivity contribution < 1.29 is 9.53 Å². The molecule has 116 valence electrons. The van der Waals surface area contributed by atoms with Crippen LogP contribution in [0.1, 0.15) is 17.5 Å². The van der Waals surface area contributed by atoms with E-state index < -0.39 is 0 Å². The molecule has 4 heteroatoms. The van der Waals surface area contributed by atoms with Crippen LogP contribution in [0.5, 0.6) is 0 Å². The Hall–Kier alpha value is -1.39. The van der Waals surface area contributed by atoms with Crippen LogP contribution >= 0.6 is 0 Å². The predicted molar refractivity (Wildman–Crippen MR) is 84.4 cm³/mol. The lowest BCUT2D eigenvalue weighted by Gasteiger charge is -2.32. The van der Waals surface area contributed by atoms with E-state index in [9.17, 15) is 4.79 Å². The molecule has 1 atom stereocenters. The minimum absolute atomic E-state index is 0.135. The van der Waals surface area contributed by atoms with E-state index in [4.69, 9.17) is 4.74 Å². The second-order valence-electron chi connectivity index (χ2n) is 5.96. The first-order valence-electron chi connectivity index (χ1n) is 7.65. The molecule has 0 bridgehead atoms. The zero-order valence-corrected chi connectivity index (χ0v) is 13.3. The molecule has 1 aromatic rings. The number of carbonyl (C=O) groups is 1. The molecule has 1 heterocycles. The van der Waals surface area contributed by atoms with E-state index in [1.54, 1.807) is 0 Å². The molecule has 0 spiro atoms. The van der Waals surface area contributed by atoms with E-state index in [0.29, 0.717) is 13.0 Å². The van der Waals surface area contributed by atoms with Gasteiger partial charge in [0.1, 0.15) is 0 Å². The van der Waals surface area contributed by atoms with Gasteiger partial charge in [0.05, 0.1) is 12.7 Å². The third kappa shape index (κ3) is 4.83. The summed E-state index contributed by atoms with van der Waals surface area (Å²) < 4.78 is 5.72. The summed E-state index contributed by atoms with van der Waals surface area (Å²) in [7, 11) is 3.97. The zero-order chi connectivity index (χ0) is 15.2. The molecule has 4 nitrogen and oxygen atoms in total. The third-order valence-electron chi connectivity index (χ3n) is 4.11. The molecule has 21 heavy (non-hydrogen) atoms. The number of hydrogen-bond acceptors (Lipinski definition) is 3. The molecule has 1 fully saturated rings. The van der Waals surface area contributed by atoms with Crippen LogP contribution in [-0.2, 0) is 16.0 Å². The van der Waals surface area contributed by atoms with Gasteiger partial charge in [-0.3, -0.25) is 4.79 Å². The Balaban J connectivity index is 1.78. The molecule has 0 radical (unpaired) electrons. The molecule has 0 saturated carbocycles. The molecule has 1 amide bonds. The molecule has 1 aromatic carbocycles. The average molecular weight is 290 g/mol. The summed E-state index contributed by atoms with van der Waals surface area (Å²) in [5.74, 6) is 0.190. The first-order chi connectivity index (χ1) is 10.1. The molecule has 1 aliphatic rings. The molecule has 0 N–H and O–H groups in total. The maximum atomic E-state index is 12.2. The molecule has 1 aliphatic heterocycles. The summed E-state index contributed by atoms with van der Waals surface area (Å²) in [5, 5.41) is 0. The summed E-state index contributed by atoms with van der Waals surface area (Å²) in [4.78, 5) is 16.3. The zero-order valence-electron chi connectivity index (χ0n) is 13.3. The number of ether oxygens (including phenoxy) is 1. The van der Waals surface area contributed by atoms with Gasteiger partial charge in [0.15, 0.2) is 0 Å². The average Bonchev–Trinajstić information content (AvgIpc) is 2.46. The predicted octanol–water partition coefficient (Wildman–Crippen LogP) is 1.72. The summed E-state index contributed by atoms with van der Waals surface area (Å²) in [6.07, 6.45) is 1.50. The van der Waals surface area contributed by atoms with Crippen LogP contribution in [0.4, 0.5) is 0 Å². The number of hydrogen-bond donors (Lipinski definition) is 0. The molecular formula is C17H26N2O2. The van der Waals surface area contributed by atoms with Gasteiger partial charge >= 0.3 is 0 Å². The number of carbonyl (C=O) groups excluding carboxylic acids is 1. The second-order valence-corrected chi connectivity index (χ2v) is 5.96. The van der Waals surface area contributed by atoms with Crippen LogP contribution in [0.3, 0.4) is 0 Å². The van der Waals surface area contributed by atoms with Crippen LogP contribution in [0, 0.1) is 6.92 Å². The van der Waals surface area contributed by atoms with Gasteiger partial charge in [-0.15, -0.1) is 0 Å². The van der Waals surface area contributed by atoms with Gasteiger partial charge in [-0.05, 0) is 31.5 Å². The van der Waals surface area contributed by atoms with E-state index in [-0.39, 0.29) is 12.0 Å². The quantitative estimate of drug-likeness (QED) is 0.828. The van der Waals surface area contributed by atoms with Crippen LogP contribution in [0.15, 0.2) is 24.3 Å². The van der Waals surface area contributed by atoms with Crippen LogP contribution in [0.25, 0.3) is 0 Å². The number of nitrogens with zero attached hydrogens (tertiary/aromatic N) is 2. The lowest BCUT2D eigenvalue weighted by atomic mass is 10.0. The van der Waals surface area contributed by atoms with Gasteiger partial charge in [-0.25, -0.2) is 0 Å². The monoisotopic (exact) mass is 290 g/mol. The fourth-order valence-corrected chi connectivity index (χ4v) is 2.71. The number of likely N-dealkylation sites (N-methyl/N-ethyl adjacent to an activating group) is 2. The van der Waals surface area contributed by atoms with Crippen molar-refractivity contribution in [3.63, 3.8) is 0 Å². The van der Waals surface area contributed by atoms with E-state index in [1.807, 2.05) is 24.1 Å². The minimum Gasteiger partial charge on any atom is -0.374 e. The summed E-state index contributed by atoms with van der Waals surface area (Å²) in [6, 6.07) is 8.25. The Labute approximate surface area is 127 Å². The van der Waals surface area contributed by atoms with Gasteiger partial charge in [0, 0.05) is 33.1 Å².